The van der Waals surface area contributed by atoms with Crippen molar-refractivity contribution >= 4 is 38.8 Å². The van der Waals surface area contributed by atoms with Crippen LogP contribution < -0.4 is 0 Å². The first-order chi connectivity index (χ1) is 34.2. The molecule has 3 aliphatic carbocycles. The molecule has 69 heavy (non-hydrogen) atoms. The van der Waals surface area contributed by atoms with Crippen LogP contribution in [0.2, 0.25) is 0 Å². The summed E-state index contributed by atoms with van der Waals surface area (Å²) < 4.78 is 2.08. The van der Waals surface area contributed by atoms with Gasteiger partial charge in [-0.15, -0.1) is 0 Å². The van der Waals surface area contributed by atoms with Crippen LogP contribution in [0.3, 0.4) is 0 Å². The molecule has 2 nitrogen and oxygen atoms in total. The molecule has 3 aliphatic rings. The maximum absolute atomic E-state index is 5.03. The van der Waals surface area contributed by atoms with Crippen molar-refractivity contribution in [3.05, 3.63) is 288 Å². The molecule has 2 heteroatoms. The van der Waals surface area contributed by atoms with Gasteiger partial charge in [0.2, 0.25) is 0 Å². The second-order valence-electron chi connectivity index (χ2n) is 18.9. The Morgan fingerprint density at radius 3 is 1.19 bits per heavy atom. The first-order valence-corrected chi connectivity index (χ1v) is 24.0. The molecule has 2 spiro atoms. The zero-order valence-corrected chi connectivity index (χ0v) is 37.7. The van der Waals surface area contributed by atoms with Gasteiger partial charge in [0.05, 0.1) is 21.9 Å². The van der Waals surface area contributed by atoms with E-state index in [0.717, 1.165) is 22.4 Å². The fourth-order valence-electron chi connectivity index (χ4n) is 13.4. The highest BCUT2D eigenvalue weighted by molar-refractivity contribution is 6.21. The smallest absolute Gasteiger partial charge is 0.145 e. The Hall–Kier alpha value is -8.85. The quantitative estimate of drug-likeness (QED) is 0.161. The van der Waals surface area contributed by atoms with E-state index in [-0.39, 0.29) is 0 Å². The van der Waals surface area contributed by atoms with Crippen LogP contribution in [0.1, 0.15) is 44.5 Å². The van der Waals surface area contributed by atoms with E-state index < -0.39 is 10.8 Å². The van der Waals surface area contributed by atoms with Crippen molar-refractivity contribution in [2.75, 3.05) is 0 Å². The molecule has 0 aliphatic heterocycles. The molecule has 320 valence electrons. The van der Waals surface area contributed by atoms with Gasteiger partial charge in [0.15, 0.2) is 0 Å². The Labute approximate surface area is 400 Å². The van der Waals surface area contributed by atoms with Crippen LogP contribution in [0.5, 0.6) is 0 Å². The topological polar surface area (TPSA) is 17.8 Å². The van der Waals surface area contributed by atoms with Crippen molar-refractivity contribution in [1.29, 1.82) is 0 Å². The molecule has 0 saturated carbocycles. The molecule has 11 aromatic carbocycles. The zero-order chi connectivity index (χ0) is 45.4. The van der Waals surface area contributed by atoms with E-state index in [1.54, 1.807) is 0 Å². The molecule has 0 unspecified atom stereocenters. The Kier molecular flexibility index (Phi) is 7.82. The standard InChI is InChI=1S/C67H42N2/c1-2-69-62-34-18-17-33-61(62)68-65(69)43-37-35-42(36-38-43)63-49-23-3-5-25-51(49)64(52-26-6-4-24-50(52)63)44-39-40-59-60(41-44)67(55-29-13-9-21-47(55)48-22-10-14-30-56(48)67)58-32-16-15-31-57(58)66(59)53-27-11-7-19-45(53)46-20-8-12-28-54(46)66/h2-41H,1H2. The van der Waals surface area contributed by atoms with Crippen molar-refractivity contribution < 1.29 is 0 Å². The van der Waals surface area contributed by atoms with Crippen LogP contribution in [-0.4, -0.2) is 9.55 Å². The van der Waals surface area contributed by atoms with Gasteiger partial charge in [-0.1, -0.05) is 225 Å². The van der Waals surface area contributed by atoms with Crippen molar-refractivity contribution in [3.8, 4) is 55.9 Å². The fraction of sp³-hybridized carbons (Fsp3) is 0.0299. The predicted octanol–water partition coefficient (Wildman–Crippen LogP) is 16.5. The third kappa shape index (κ3) is 4.82. The molecule has 0 amide bonds. The van der Waals surface area contributed by atoms with Gasteiger partial charge in [-0.2, -0.15) is 0 Å². The van der Waals surface area contributed by atoms with E-state index in [4.69, 9.17) is 4.98 Å². The third-order valence-electron chi connectivity index (χ3n) is 15.9. The number of para-hydroxylation sites is 2. The maximum atomic E-state index is 5.03. The summed E-state index contributed by atoms with van der Waals surface area (Å²) in [5, 5.41) is 4.91. The number of hydrogen-bond acceptors (Lipinski definition) is 1. The van der Waals surface area contributed by atoms with Crippen LogP contribution in [0.15, 0.2) is 243 Å². The molecular formula is C67H42N2. The van der Waals surface area contributed by atoms with Crippen LogP contribution in [0.25, 0.3) is 94.7 Å². The summed E-state index contributed by atoms with van der Waals surface area (Å²) in [7, 11) is 0. The summed E-state index contributed by atoms with van der Waals surface area (Å²) in [6.45, 7) is 4.14. The molecule has 12 aromatic rings. The number of fused-ring (bicyclic) bond motifs is 19. The lowest BCUT2D eigenvalue weighted by Gasteiger charge is -2.49. The maximum Gasteiger partial charge on any atom is 0.145 e. The molecule has 0 radical (unpaired) electrons. The first-order valence-electron chi connectivity index (χ1n) is 24.0. The summed E-state index contributed by atoms with van der Waals surface area (Å²) in [5.74, 6) is 0.884. The lowest BCUT2D eigenvalue weighted by atomic mass is 9.52. The number of rotatable bonds is 4. The van der Waals surface area contributed by atoms with Gasteiger partial charge in [-0.3, -0.25) is 4.57 Å². The number of benzene rings is 11. The third-order valence-corrected chi connectivity index (χ3v) is 15.9. The van der Waals surface area contributed by atoms with E-state index in [9.17, 15) is 0 Å². The predicted molar refractivity (Wildman–Crippen MR) is 286 cm³/mol. The SMILES string of the molecule is C=Cn1c(-c2ccc(-c3c4ccccc4c(-c4ccc5c(c4)C4(c6ccccc6-c6ccccc64)c4ccccc4C54c5ccccc5-c5ccccc54)c4ccccc34)cc2)nc2ccccc21. The number of aromatic nitrogens is 2. The molecule has 1 aromatic heterocycles. The van der Waals surface area contributed by atoms with E-state index in [1.165, 1.54) is 111 Å². The van der Waals surface area contributed by atoms with E-state index in [0.29, 0.717) is 0 Å². The van der Waals surface area contributed by atoms with Gasteiger partial charge in [0.25, 0.3) is 0 Å². The van der Waals surface area contributed by atoms with Gasteiger partial charge in [-0.25, -0.2) is 4.98 Å². The van der Waals surface area contributed by atoms with Gasteiger partial charge in [0, 0.05) is 11.8 Å². The normalized spacial score (nSPS) is 14.1. The molecule has 15 rings (SSSR count). The molecule has 0 fully saturated rings. The van der Waals surface area contributed by atoms with Gasteiger partial charge < -0.3 is 0 Å². The highest BCUT2D eigenvalue weighted by Crippen LogP contribution is 2.67. The summed E-state index contributed by atoms with van der Waals surface area (Å²) >= 11 is 0. The van der Waals surface area contributed by atoms with Gasteiger partial charge in [-0.05, 0) is 129 Å². The van der Waals surface area contributed by atoms with Gasteiger partial charge >= 0.3 is 0 Å². The highest BCUT2D eigenvalue weighted by Gasteiger charge is 2.59. The highest BCUT2D eigenvalue weighted by atomic mass is 15.1. The average Bonchev–Trinajstić information content (AvgIpc) is 4.05. The van der Waals surface area contributed by atoms with Crippen molar-refractivity contribution in [1.82, 2.24) is 9.55 Å². The zero-order valence-electron chi connectivity index (χ0n) is 37.7. The molecule has 1 heterocycles. The van der Waals surface area contributed by atoms with Crippen molar-refractivity contribution in [2.24, 2.45) is 0 Å². The molecule has 0 saturated heterocycles. The van der Waals surface area contributed by atoms with E-state index >= 15 is 0 Å². The second kappa shape index (κ2) is 14.1. The van der Waals surface area contributed by atoms with Crippen LogP contribution in [-0.2, 0) is 10.8 Å². The van der Waals surface area contributed by atoms with Crippen LogP contribution >= 0.6 is 0 Å². The minimum Gasteiger partial charge on any atom is -0.300 e. The number of hydrogen-bond donors (Lipinski definition) is 0. The Balaban J connectivity index is 1.02. The summed E-state index contributed by atoms with van der Waals surface area (Å²) in [6.07, 6.45) is 1.86. The van der Waals surface area contributed by atoms with Crippen molar-refractivity contribution in [2.45, 2.75) is 10.8 Å². The minimum absolute atomic E-state index is 0.537. The lowest BCUT2D eigenvalue weighted by Crippen LogP contribution is -2.43. The van der Waals surface area contributed by atoms with Crippen LogP contribution in [0.4, 0.5) is 0 Å². The first kappa shape index (κ1) is 38.3. The number of imidazole rings is 1. The Morgan fingerprint density at radius 1 is 0.333 bits per heavy atom. The molecular weight excluding hydrogens is 833 g/mol. The molecule has 0 N–H and O–H groups in total. The second-order valence-corrected chi connectivity index (χ2v) is 18.9. The fourth-order valence-corrected chi connectivity index (χ4v) is 13.4. The van der Waals surface area contributed by atoms with Crippen LogP contribution in [0, 0.1) is 0 Å². The lowest BCUT2D eigenvalue weighted by molar-refractivity contribution is 0.633. The monoisotopic (exact) mass is 874 g/mol. The van der Waals surface area contributed by atoms with Crippen molar-refractivity contribution in [3.63, 3.8) is 0 Å². The summed E-state index contributed by atoms with van der Waals surface area (Å²) in [4.78, 5) is 5.03. The van der Waals surface area contributed by atoms with Gasteiger partial charge in [0.1, 0.15) is 5.82 Å². The Bertz CT molecular complexity index is 4020. The molecule has 0 bridgehead atoms. The Morgan fingerprint density at radius 2 is 0.696 bits per heavy atom. The summed E-state index contributed by atoms with van der Waals surface area (Å²) in [5.41, 5.74) is 22.7. The van der Waals surface area contributed by atoms with E-state index in [2.05, 4.69) is 242 Å². The summed E-state index contributed by atoms with van der Waals surface area (Å²) in [6, 6.07) is 88.9. The largest absolute Gasteiger partial charge is 0.300 e. The number of nitrogens with zero attached hydrogens (tertiary/aromatic N) is 2. The molecule has 0 atom stereocenters. The van der Waals surface area contributed by atoms with E-state index in [1.807, 2.05) is 12.3 Å². The minimum atomic E-state index is -0.577. The average molecular weight is 875 g/mol.